The van der Waals surface area contributed by atoms with Crippen LogP contribution in [0.15, 0.2) is 89.1 Å². The van der Waals surface area contributed by atoms with E-state index in [1.165, 1.54) is 0 Å². The van der Waals surface area contributed by atoms with Crippen LogP contribution >= 0.6 is 23.8 Å². The van der Waals surface area contributed by atoms with Gasteiger partial charge in [0.2, 0.25) is 5.82 Å². The summed E-state index contributed by atoms with van der Waals surface area (Å²) in [5.41, 5.74) is 4.42. The molecule has 1 unspecified atom stereocenters. The molecule has 2 heterocycles. The van der Waals surface area contributed by atoms with E-state index in [0.29, 0.717) is 21.9 Å². The van der Waals surface area contributed by atoms with Crippen LogP contribution in [0.5, 0.6) is 5.75 Å². The second-order valence-corrected chi connectivity index (χ2v) is 8.58. The fraction of sp³-hybridized carbons (Fsp3) is 0.115. The molecule has 3 aromatic carbocycles. The van der Waals surface area contributed by atoms with Crippen molar-refractivity contribution in [3.05, 3.63) is 101 Å². The maximum Gasteiger partial charge on any atom is 0.258 e. The number of nitrogens with zero attached hydrogens (tertiary/aromatic N) is 3. The van der Waals surface area contributed by atoms with Gasteiger partial charge in [-0.1, -0.05) is 59.2 Å². The lowest BCUT2D eigenvalue weighted by atomic mass is 9.94. The van der Waals surface area contributed by atoms with Gasteiger partial charge in [0.05, 0.1) is 18.7 Å². The number of halogens is 1. The number of ether oxygens (including phenoxy) is 1. The highest BCUT2D eigenvalue weighted by Crippen LogP contribution is 2.40. The van der Waals surface area contributed by atoms with Gasteiger partial charge in [-0.3, -0.25) is 4.90 Å². The third-order valence-corrected chi connectivity index (χ3v) is 6.24. The zero-order valence-electron chi connectivity index (χ0n) is 18.5. The molecule has 0 aliphatic carbocycles. The average molecular weight is 489 g/mol. The minimum Gasteiger partial charge on any atom is -0.497 e. The molecule has 5 rings (SSSR count). The van der Waals surface area contributed by atoms with E-state index in [0.717, 1.165) is 33.8 Å². The van der Waals surface area contributed by atoms with Gasteiger partial charge in [-0.25, -0.2) is 0 Å². The van der Waals surface area contributed by atoms with Crippen LogP contribution in [0.3, 0.4) is 0 Å². The maximum atomic E-state index is 6.12. The van der Waals surface area contributed by atoms with Crippen molar-refractivity contribution < 1.29 is 9.26 Å². The minimum absolute atomic E-state index is 0.310. The number of allylic oxidation sites excluding steroid dienone is 1. The largest absolute Gasteiger partial charge is 0.497 e. The summed E-state index contributed by atoms with van der Waals surface area (Å²) in [6.45, 7) is 2.00. The number of rotatable bonds is 5. The number of hydrogen-bond acceptors (Lipinski definition) is 5. The van der Waals surface area contributed by atoms with Gasteiger partial charge >= 0.3 is 0 Å². The first-order chi connectivity index (χ1) is 16.5. The molecule has 0 spiro atoms. The number of aromatic nitrogens is 2. The number of methoxy groups -OCH3 is 1. The van der Waals surface area contributed by atoms with Crippen LogP contribution in [0.2, 0.25) is 5.02 Å². The summed E-state index contributed by atoms with van der Waals surface area (Å²) >= 11 is 11.9. The topological polar surface area (TPSA) is 63.4 Å². The summed E-state index contributed by atoms with van der Waals surface area (Å²) in [4.78, 5) is 6.69. The first-order valence-electron chi connectivity index (χ1n) is 10.7. The number of benzene rings is 3. The standard InChI is InChI=1S/C26H21ClN4O2S/c1-16-22(25-29-24(30-33-25)17-7-4-3-5-8-17)23(18-9-6-10-21(15-18)32-2)28-26(34)31(16)20-13-11-19(27)12-14-20/h3-15,23H,1-2H3,(H,28,34). The van der Waals surface area contributed by atoms with Crippen LogP contribution in [-0.4, -0.2) is 22.4 Å². The monoisotopic (exact) mass is 488 g/mol. The molecular weight excluding hydrogens is 468 g/mol. The molecule has 0 fully saturated rings. The van der Waals surface area contributed by atoms with E-state index >= 15 is 0 Å². The first-order valence-corrected chi connectivity index (χ1v) is 11.4. The summed E-state index contributed by atoms with van der Waals surface area (Å²) in [5, 5.41) is 8.91. The molecule has 0 saturated carbocycles. The molecule has 4 aromatic rings. The Bertz CT molecular complexity index is 1370. The van der Waals surface area contributed by atoms with Gasteiger partial charge in [0, 0.05) is 22.0 Å². The van der Waals surface area contributed by atoms with Crippen LogP contribution in [0.1, 0.15) is 24.4 Å². The molecule has 1 N–H and O–H groups in total. The van der Waals surface area contributed by atoms with Crippen LogP contribution in [0.4, 0.5) is 5.69 Å². The Labute approximate surface area is 207 Å². The van der Waals surface area contributed by atoms with Gasteiger partial charge in [-0.05, 0) is 61.1 Å². The fourth-order valence-electron chi connectivity index (χ4n) is 4.03. The molecule has 0 saturated heterocycles. The fourth-order valence-corrected chi connectivity index (χ4v) is 4.52. The van der Waals surface area contributed by atoms with Crippen LogP contribution in [0.25, 0.3) is 17.0 Å². The summed E-state index contributed by atoms with van der Waals surface area (Å²) in [5.74, 6) is 1.68. The number of nitrogens with one attached hydrogen (secondary N) is 1. The molecule has 1 aliphatic heterocycles. The first kappa shape index (κ1) is 22.1. The summed E-state index contributed by atoms with van der Waals surface area (Å²) in [6.07, 6.45) is 0. The van der Waals surface area contributed by atoms with Gasteiger partial charge in [-0.2, -0.15) is 4.98 Å². The Balaban J connectivity index is 1.66. The Morgan fingerprint density at radius 1 is 1.03 bits per heavy atom. The molecule has 170 valence electrons. The molecule has 1 aromatic heterocycles. The Kier molecular flexibility index (Phi) is 6.04. The highest BCUT2D eigenvalue weighted by Gasteiger charge is 2.35. The van der Waals surface area contributed by atoms with Gasteiger partial charge in [-0.15, -0.1) is 0 Å². The Hall–Kier alpha value is -3.68. The van der Waals surface area contributed by atoms with E-state index in [9.17, 15) is 0 Å². The Morgan fingerprint density at radius 3 is 2.53 bits per heavy atom. The predicted molar refractivity (Wildman–Crippen MR) is 138 cm³/mol. The van der Waals surface area contributed by atoms with Crippen molar-refractivity contribution in [1.82, 2.24) is 15.5 Å². The van der Waals surface area contributed by atoms with Crippen LogP contribution in [-0.2, 0) is 0 Å². The molecule has 6 nitrogen and oxygen atoms in total. The second-order valence-electron chi connectivity index (χ2n) is 7.76. The lowest BCUT2D eigenvalue weighted by Gasteiger charge is -2.37. The molecule has 0 radical (unpaired) electrons. The van der Waals surface area contributed by atoms with Crippen LogP contribution in [0, 0.1) is 0 Å². The van der Waals surface area contributed by atoms with Crippen molar-refractivity contribution in [3.8, 4) is 17.1 Å². The SMILES string of the molecule is COc1cccc(C2NC(=S)N(c3ccc(Cl)cc3)C(C)=C2c2nc(-c3ccccc3)no2)c1. The minimum atomic E-state index is -0.310. The summed E-state index contributed by atoms with van der Waals surface area (Å²) < 4.78 is 11.2. The van der Waals surface area contributed by atoms with Crippen molar-refractivity contribution in [3.63, 3.8) is 0 Å². The third-order valence-electron chi connectivity index (χ3n) is 5.69. The quantitative estimate of drug-likeness (QED) is 0.332. The zero-order chi connectivity index (χ0) is 23.7. The summed E-state index contributed by atoms with van der Waals surface area (Å²) in [7, 11) is 1.65. The van der Waals surface area contributed by atoms with Gasteiger partial charge in [0.1, 0.15) is 5.75 Å². The van der Waals surface area contributed by atoms with Crippen molar-refractivity contribution in [2.24, 2.45) is 0 Å². The van der Waals surface area contributed by atoms with Crippen molar-refractivity contribution in [2.45, 2.75) is 13.0 Å². The normalized spacial score (nSPS) is 15.9. The van der Waals surface area contributed by atoms with Crippen molar-refractivity contribution in [2.75, 3.05) is 12.0 Å². The van der Waals surface area contributed by atoms with E-state index in [2.05, 4.69) is 10.5 Å². The van der Waals surface area contributed by atoms with Gasteiger partial charge < -0.3 is 14.6 Å². The number of hydrogen-bond donors (Lipinski definition) is 1. The van der Waals surface area contributed by atoms with Gasteiger partial charge in [0.15, 0.2) is 5.11 Å². The second kappa shape index (κ2) is 9.29. The third kappa shape index (κ3) is 4.16. The highest BCUT2D eigenvalue weighted by atomic mass is 35.5. The van der Waals surface area contributed by atoms with Crippen molar-refractivity contribution >= 4 is 40.2 Å². The smallest absolute Gasteiger partial charge is 0.258 e. The molecule has 0 bridgehead atoms. The zero-order valence-corrected chi connectivity index (χ0v) is 20.1. The van der Waals surface area contributed by atoms with Gasteiger partial charge in [0.25, 0.3) is 5.89 Å². The molecule has 34 heavy (non-hydrogen) atoms. The summed E-state index contributed by atoms with van der Waals surface area (Å²) in [6, 6.07) is 24.8. The van der Waals surface area contributed by atoms with E-state index < -0.39 is 0 Å². The number of anilines is 1. The average Bonchev–Trinajstić information content (AvgIpc) is 3.35. The van der Waals surface area contributed by atoms with E-state index in [1.807, 2.05) is 90.7 Å². The Morgan fingerprint density at radius 2 is 1.79 bits per heavy atom. The number of thiocarbonyl (C=S) groups is 1. The van der Waals surface area contributed by atoms with Crippen LogP contribution < -0.4 is 15.0 Å². The molecule has 8 heteroatoms. The van der Waals surface area contributed by atoms with E-state index in [1.54, 1.807) is 7.11 Å². The maximum absolute atomic E-state index is 6.12. The molecular formula is C26H21ClN4O2S. The molecule has 1 atom stereocenters. The molecule has 0 amide bonds. The highest BCUT2D eigenvalue weighted by molar-refractivity contribution is 7.80. The lowest BCUT2D eigenvalue weighted by molar-refractivity contribution is 0.403. The van der Waals surface area contributed by atoms with Crippen molar-refractivity contribution in [1.29, 1.82) is 0 Å². The predicted octanol–water partition coefficient (Wildman–Crippen LogP) is 6.27. The molecule has 1 aliphatic rings. The van der Waals surface area contributed by atoms with E-state index in [4.69, 9.17) is 38.1 Å². The van der Waals surface area contributed by atoms with E-state index in [-0.39, 0.29) is 6.04 Å². The lowest BCUT2D eigenvalue weighted by Crippen LogP contribution is -2.46.